The van der Waals surface area contributed by atoms with Crippen LogP contribution in [0.5, 0.6) is 23.0 Å². The Morgan fingerprint density at radius 2 is 1.63 bits per heavy atom. The number of hydrogen-bond donors (Lipinski definition) is 2. The van der Waals surface area contributed by atoms with E-state index in [1.165, 1.54) is 0 Å². The summed E-state index contributed by atoms with van der Waals surface area (Å²) in [5.41, 5.74) is 1.96. The SMILES string of the molecule is CN=C(NCc1ccc2c(c1)OCO2)Nc1ccc2c(c1)OCCCO2.I. The summed E-state index contributed by atoms with van der Waals surface area (Å²) in [4.78, 5) is 4.27. The summed E-state index contributed by atoms with van der Waals surface area (Å²) < 4.78 is 22.1. The van der Waals surface area contributed by atoms with E-state index in [4.69, 9.17) is 18.9 Å². The minimum absolute atomic E-state index is 0. The van der Waals surface area contributed by atoms with Gasteiger partial charge in [-0.2, -0.15) is 0 Å². The van der Waals surface area contributed by atoms with Crippen LogP contribution in [0.3, 0.4) is 0 Å². The quantitative estimate of drug-likeness (QED) is 0.396. The maximum absolute atomic E-state index is 5.73. The zero-order chi connectivity index (χ0) is 17.8. The molecule has 4 rings (SSSR count). The standard InChI is InChI=1S/C19H21N3O4.HI/c1-20-19(21-11-13-3-5-16-17(9-13)26-12-25-16)22-14-4-6-15-18(10-14)24-8-2-7-23-15;/h3-6,9-10H,2,7-8,11-12H2,1H3,(H2,20,21,22);1H. The summed E-state index contributed by atoms with van der Waals surface area (Å²) in [7, 11) is 1.73. The van der Waals surface area contributed by atoms with Crippen molar-refractivity contribution in [2.75, 3.05) is 32.4 Å². The number of fused-ring (bicyclic) bond motifs is 2. The molecular formula is C19H22IN3O4. The van der Waals surface area contributed by atoms with Gasteiger partial charge in [0, 0.05) is 31.8 Å². The van der Waals surface area contributed by atoms with E-state index in [2.05, 4.69) is 15.6 Å². The zero-order valence-electron chi connectivity index (χ0n) is 15.0. The minimum Gasteiger partial charge on any atom is -0.490 e. The summed E-state index contributed by atoms with van der Waals surface area (Å²) in [5, 5.41) is 6.56. The first-order chi connectivity index (χ1) is 12.8. The molecule has 0 saturated carbocycles. The number of aliphatic imine (C=N–C) groups is 1. The summed E-state index contributed by atoms with van der Waals surface area (Å²) in [5.74, 6) is 3.74. The van der Waals surface area contributed by atoms with E-state index >= 15 is 0 Å². The Balaban J connectivity index is 0.00000210. The van der Waals surface area contributed by atoms with E-state index in [1.807, 2.05) is 36.4 Å². The van der Waals surface area contributed by atoms with E-state index in [1.54, 1.807) is 7.05 Å². The van der Waals surface area contributed by atoms with Crippen LogP contribution in [-0.2, 0) is 6.54 Å². The topological polar surface area (TPSA) is 73.3 Å². The first kappa shape index (κ1) is 19.4. The van der Waals surface area contributed by atoms with Crippen molar-refractivity contribution in [2.45, 2.75) is 13.0 Å². The molecule has 0 aliphatic carbocycles. The van der Waals surface area contributed by atoms with Gasteiger partial charge < -0.3 is 29.6 Å². The number of guanidine groups is 1. The van der Waals surface area contributed by atoms with Crippen LogP contribution < -0.4 is 29.6 Å². The molecule has 0 atom stereocenters. The van der Waals surface area contributed by atoms with Crippen molar-refractivity contribution in [2.24, 2.45) is 4.99 Å². The lowest BCUT2D eigenvalue weighted by molar-refractivity contribution is 0.174. The molecule has 0 spiro atoms. The van der Waals surface area contributed by atoms with Gasteiger partial charge >= 0.3 is 0 Å². The van der Waals surface area contributed by atoms with Crippen LogP contribution in [-0.4, -0.2) is 33.0 Å². The molecular weight excluding hydrogens is 461 g/mol. The van der Waals surface area contributed by atoms with Crippen LogP contribution in [0.2, 0.25) is 0 Å². The number of benzene rings is 2. The van der Waals surface area contributed by atoms with Crippen molar-refractivity contribution in [1.82, 2.24) is 5.32 Å². The monoisotopic (exact) mass is 483 g/mol. The highest BCUT2D eigenvalue weighted by Crippen LogP contribution is 2.33. The van der Waals surface area contributed by atoms with Crippen molar-refractivity contribution < 1.29 is 18.9 Å². The number of ether oxygens (including phenoxy) is 4. The molecule has 2 aliphatic heterocycles. The predicted octanol–water partition coefficient (Wildman–Crippen LogP) is 3.38. The van der Waals surface area contributed by atoms with Gasteiger partial charge in [-0.3, -0.25) is 4.99 Å². The van der Waals surface area contributed by atoms with Crippen molar-refractivity contribution in [3.05, 3.63) is 42.0 Å². The first-order valence-corrected chi connectivity index (χ1v) is 8.58. The van der Waals surface area contributed by atoms with Gasteiger partial charge in [0.1, 0.15) is 0 Å². The molecule has 0 saturated heterocycles. The molecule has 0 bridgehead atoms. The van der Waals surface area contributed by atoms with Crippen LogP contribution in [0.1, 0.15) is 12.0 Å². The highest BCUT2D eigenvalue weighted by Gasteiger charge is 2.14. The van der Waals surface area contributed by atoms with Crippen molar-refractivity contribution in [1.29, 1.82) is 0 Å². The second-order valence-electron chi connectivity index (χ2n) is 5.95. The Labute approximate surface area is 175 Å². The van der Waals surface area contributed by atoms with Gasteiger partial charge in [-0.1, -0.05) is 6.07 Å². The summed E-state index contributed by atoms with van der Waals surface area (Å²) >= 11 is 0. The van der Waals surface area contributed by atoms with E-state index < -0.39 is 0 Å². The lowest BCUT2D eigenvalue weighted by atomic mass is 10.2. The van der Waals surface area contributed by atoms with Crippen molar-refractivity contribution in [3.8, 4) is 23.0 Å². The maximum Gasteiger partial charge on any atom is 0.231 e. The first-order valence-electron chi connectivity index (χ1n) is 8.58. The molecule has 2 N–H and O–H groups in total. The average molecular weight is 483 g/mol. The fourth-order valence-electron chi connectivity index (χ4n) is 2.79. The van der Waals surface area contributed by atoms with E-state index in [0.29, 0.717) is 25.7 Å². The van der Waals surface area contributed by atoms with Gasteiger partial charge in [0.05, 0.1) is 13.2 Å². The predicted molar refractivity (Wildman–Crippen MR) is 114 cm³/mol. The smallest absolute Gasteiger partial charge is 0.231 e. The molecule has 144 valence electrons. The number of nitrogens with zero attached hydrogens (tertiary/aromatic N) is 1. The van der Waals surface area contributed by atoms with Gasteiger partial charge in [-0.15, -0.1) is 24.0 Å². The number of rotatable bonds is 3. The Bertz CT molecular complexity index is 829. The van der Waals surface area contributed by atoms with Gasteiger partial charge in [0.2, 0.25) is 6.79 Å². The molecule has 2 aromatic carbocycles. The molecule has 7 nitrogen and oxygen atoms in total. The average Bonchev–Trinajstić information content (AvgIpc) is 3.01. The van der Waals surface area contributed by atoms with Crippen molar-refractivity contribution >= 4 is 35.6 Å². The van der Waals surface area contributed by atoms with Crippen LogP contribution in [0.15, 0.2) is 41.4 Å². The molecule has 0 fully saturated rings. The van der Waals surface area contributed by atoms with E-state index in [0.717, 1.165) is 40.7 Å². The van der Waals surface area contributed by atoms with Crippen LogP contribution in [0, 0.1) is 0 Å². The molecule has 2 aliphatic rings. The fraction of sp³-hybridized carbons (Fsp3) is 0.316. The molecule has 2 aromatic rings. The lowest BCUT2D eigenvalue weighted by Gasteiger charge is -2.14. The molecule has 0 radical (unpaired) electrons. The molecule has 0 unspecified atom stereocenters. The Morgan fingerprint density at radius 1 is 0.926 bits per heavy atom. The van der Waals surface area contributed by atoms with Gasteiger partial charge in [0.25, 0.3) is 0 Å². The summed E-state index contributed by atoms with van der Waals surface area (Å²) in [6, 6.07) is 11.7. The van der Waals surface area contributed by atoms with Gasteiger partial charge in [-0.25, -0.2) is 0 Å². The molecule has 2 heterocycles. The second-order valence-corrected chi connectivity index (χ2v) is 5.95. The van der Waals surface area contributed by atoms with E-state index in [9.17, 15) is 0 Å². The number of nitrogens with one attached hydrogen (secondary N) is 2. The van der Waals surface area contributed by atoms with Crippen molar-refractivity contribution in [3.63, 3.8) is 0 Å². The highest BCUT2D eigenvalue weighted by atomic mass is 127. The number of halogens is 1. The van der Waals surface area contributed by atoms with Gasteiger partial charge in [0.15, 0.2) is 29.0 Å². The lowest BCUT2D eigenvalue weighted by Crippen LogP contribution is -2.30. The summed E-state index contributed by atoms with van der Waals surface area (Å²) in [6.07, 6.45) is 0.885. The largest absolute Gasteiger partial charge is 0.490 e. The van der Waals surface area contributed by atoms with Crippen LogP contribution in [0.25, 0.3) is 0 Å². The highest BCUT2D eigenvalue weighted by molar-refractivity contribution is 14.0. The van der Waals surface area contributed by atoms with E-state index in [-0.39, 0.29) is 30.8 Å². The fourth-order valence-corrected chi connectivity index (χ4v) is 2.79. The normalized spacial score (nSPS) is 14.8. The zero-order valence-corrected chi connectivity index (χ0v) is 17.3. The molecule has 8 heteroatoms. The second kappa shape index (κ2) is 9.03. The number of hydrogen-bond acceptors (Lipinski definition) is 5. The van der Waals surface area contributed by atoms with Crippen LogP contribution >= 0.6 is 24.0 Å². The Kier molecular flexibility index (Phi) is 6.49. The Morgan fingerprint density at radius 3 is 2.48 bits per heavy atom. The number of anilines is 1. The minimum atomic E-state index is 0. The molecule has 27 heavy (non-hydrogen) atoms. The summed E-state index contributed by atoms with van der Waals surface area (Å²) in [6.45, 7) is 2.23. The molecule has 0 aromatic heterocycles. The Hall–Kier alpha value is -2.36. The van der Waals surface area contributed by atoms with Gasteiger partial charge in [-0.05, 0) is 29.8 Å². The third-order valence-electron chi connectivity index (χ3n) is 4.13. The van der Waals surface area contributed by atoms with Crippen LogP contribution in [0.4, 0.5) is 5.69 Å². The third-order valence-corrected chi connectivity index (χ3v) is 4.13. The molecule has 0 amide bonds. The maximum atomic E-state index is 5.73. The third kappa shape index (κ3) is 4.68.